The van der Waals surface area contributed by atoms with E-state index in [0.29, 0.717) is 44.3 Å². The monoisotopic (exact) mass is 383 g/mol. The Morgan fingerprint density at radius 1 is 1.07 bits per heavy atom. The van der Waals surface area contributed by atoms with Gasteiger partial charge in [0, 0.05) is 12.1 Å². The highest BCUT2D eigenvalue weighted by Crippen LogP contribution is 2.46. The Hall–Kier alpha value is -2.57. The number of ether oxygens (including phenoxy) is 4. The minimum atomic E-state index is -1.29. The molecule has 0 atom stereocenters. The highest BCUT2D eigenvalue weighted by Gasteiger charge is 2.55. The molecule has 2 aromatic carbocycles. The van der Waals surface area contributed by atoms with E-state index in [-0.39, 0.29) is 5.91 Å². The fraction of sp³-hybridized carbons (Fsp3) is 0.409. The molecule has 28 heavy (non-hydrogen) atoms. The maximum absolute atomic E-state index is 13.3. The lowest BCUT2D eigenvalue weighted by Gasteiger charge is -2.32. The smallest absolute Gasteiger partial charge is 0.292 e. The average Bonchev–Trinajstić information content (AvgIpc) is 2.95. The first-order valence-electron chi connectivity index (χ1n) is 9.63. The summed E-state index contributed by atoms with van der Waals surface area (Å²) in [5.74, 6) is -0.0363. The van der Waals surface area contributed by atoms with Crippen molar-refractivity contribution in [2.24, 2.45) is 0 Å². The Kier molecular flexibility index (Phi) is 5.24. The molecule has 2 aliphatic heterocycles. The third kappa shape index (κ3) is 3.12. The maximum Gasteiger partial charge on any atom is 0.292 e. The Labute approximate surface area is 165 Å². The van der Waals surface area contributed by atoms with Crippen LogP contribution in [0, 0.1) is 6.92 Å². The first kappa shape index (κ1) is 18.8. The third-order valence-corrected chi connectivity index (χ3v) is 5.14. The molecule has 0 radical (unpaired) electrons. The van der Waals surface area contributed by atoms with Crippen LogP contribution in [0.2, 0.25) is 0 Å². The molecule has 2 aromatic rings. The van der Waals surface area contributed by atoms with Crippen LogP contribution in [0.25, 0.3) is 0 Å². The molecule has 2 heterocycles. The van der Waals surface area contributed by atoms with Crippen LogP contribution >= 0.6 is 0 Å². The van der Waals surface area contributed by atoms with Crippen molar-refractivity contribution in [2.45, 2.75) is 25.6 Å². The summed E-state index contributed by atoms with van der Waals surface area (Å²) in [7, 11) is 1.62. The summed E-state index contributed by atoms with van der Waals surface area (Å²) in [4.78, 5) is 15.1. The van der Waals surface area contributed by atoms with Crippen molar-refractivity contribution in [1.29, 1.82) is 0 Å². The Morgan fingerprint density at radius 2 is 1.82 bits per heavy atom. The second kappa shape index (κ2) is 7.81. The van der Waals surface area contributed by atoms with Crippen LogP contribution in [0.3, 0.4) is 0 Å². The van der Waals surface area contributed by atoms with Gasteiger partial charge in [0.2, 0.25) is 0 Å². The Morgan fingerprint density at radius 3 is 2.57 bits per heavy atom. The van der Waals surface area contributed by atoms with Gasteiger partial charge >= 0.3 is 0 Å². The zero-order valence-corrected chi connectivity index (χ0v) is 16.3. The Balaban J connectivity index is 1.48. The highest BCUT2D eigenvalue weighted by atomic mass is 16.7. The van der Waals surface area contributed by atoms with E-state index in [9.17, 15) is 4.79 Å². The van der Waals surface area contributed by atoms with Gasteiger partial charge in [0.1, 0.15) is 0 Å². The fourth-order valence-corrected chi connectivity index (χ4v) is 3.84. The normalized spacial score (nSPS) is 17.6. The molecule has 1 fully saturated rings. The summed E-state index contributed by atoms with van der Waals surface area (Å²) in [5, 5.41) is 0. The van der Waals surface area contributed by atoms with Crippen molar-refractivity contribution in [3.63, 3.8) is 0 Å². The van der Waals surface area contributed by atoms with Crippen molar-refractivity contribution < 1.29 is 23.7 Å². The van der Waals surface area contributed by atoms with Crippen molar-refractivity contribution in [3.8, 4) is 11.5 Å². The molecule has 0 aliphatic carbocycles. The van der Waals surface area contributed by atoms with Gasteiger partial charge in [0.15, 0.2) is 11.5 Å². The van der Waals surface area contributed by atoms with Crippen LogP contribution in [0.5, 0.6) is 11.5 Å². The number of methoxy groups -OCH3 is 1. The number of para-hydroxylation sites is 3. The van der Waals surface area contributed by atoms with Crippen molar-refractivity contribution in [2.75, 3.05) is 38.4 Å². The lowest BCUT2D eigenvalue weighted by Crippen LogP contribution is -2.47. The van der Waals surface area contributed by atoms with Crippen molar-refractivity contribution in [1.82, 2.24) is 0 Å². The largest absolute Gasteiger partial charge is 0.493 e. The number of hydrogen-bond acceptors (Lipinski definition) is 5. The number of anilines is 1. The van der Waals surface area contributed by atoms with E-state index < -0.39 is 5.79 Å². The van der Waals surface area contributed by atoms with E-state index in [1.54, 1.807) is 12.0 Å². The number of carbonyl (C=O) groups is 1. The molecule has 1 saturated heterocycles. The molecular formula is C22H25NO5. The molecule has 6 heteroatoms. The number of hydrogen-bond donors (Lipinski definition) is 0. The molecule has 0 bridgehead atoms. The summed E-state index contributed by atoms with van der Waals surface area (Å²) in [6.45, 7) is 4.04. The van der Waals surface area contributed by atoms with E-state index >= 15 is 0 Å². The summed E-state index contributed by atoms with van der Waals surface area (Å²) >= 11 is 0. The molecule has 1 amide bonds. The van der Waals surface area contributed by atoms with E-state index in [1.165, 1.54) is 0 Å². The molecule has 0 unspecified atom stereocenters. The molecule has 1 spiro atoms. The molecule has 0 aromatic heterocycles. The molecule has 0 N–H and O–H groups in total. The standard InChI is InChI=1S/C22H25NO5/c1-16-8-5-9-17-20(16)23(21(24)22(17)27-14-7-15-28-22)12-6-13-26-19-11-4-3-10-18(19)25-2/h3-5,8-11H,6-7,12-15H2,1-2H3. The number of amides is 1. The maximum atomic E-state index is 13.3. The zero-order chi connectivity index (χ0) is 19.6. The number of fused-ring (bicyclic) bond motifs is 2. The van der Waals surface area contributed by atoms with E-state index in [0.717, 1.165) is 23.2 Å². The number of benzene rings is 2. The first-order valence-corrected chi connectivity index (χ1v) is 9.63. The second-order valence-electron chi connectivity index (χ2n) is 6.95. The van der Waals surface area contributed by atoms with E-state index in [1.807, 2.05) is 49.4 Å². The van der Waals surface area contributed by atoms with Crippen LogP contribution in [0.1, 0.15) is 24.0 Å². The van der Waals surface area contributed by atoms with Gasteiger partial charge in [-0.05, 0) is 37.5 Å². The molecule has 2 aliphatic rings. The highest BCUT2D eigenvalue weighted by molar-refractivity contribution is 6.06. The number of aryl methyl sites for hydroxylation is 1. The predicted molar refractivity (Wildman–Crippen MR) is 105 cm³/mol. The quantitative estimate of drug-likeness (QED) is 0.716. The van der Waals surface area contributed by atoms with Crippen LogP contribution in [-0.4, -0.2) is 39.4 Å². The lowest BCUT2D eigenvalue weighted by atomic mass is 10.0. The second-order valence-corrected chi connectivity index (χ2v) is 6.95. The SMILES string of the molecule is COc1ccccc1OCCCN1C(=O)C2(OCCCO2)c2cccc(C)c21. The van der Waals surface area contributed by atoms with E-state index in [2.05, 4.69) is 0 Å². The summed E-state index contributed by atoms with van der Waals surface area (Å²) in [6, 6.07) is 13.4. The van der Waals surface area contributed by atoms with Crippen LogP contribution in [-0.2, 0) is 20.1 Å². The summed E-state index contributed by atoms with van der Waals surface area (Å²) in [6.07, 6.45) is 1.47. The van der Waals surface area contributed by atoms with Gasteiger partial charge < -0.3 is 23.8 Å². The molecule has 6 nitrogen and oxygen atoms in total. The molecular weight excluding hydrogens is 358 g/mol. The summed E-state index contributed by atoms with van der Waals surface area (Å²) < 4.78 is 23.0. The van der Waals surface area contributed by atoms with Gasteiger partial charge in [-0.15, -0.1) is 0 Å². The zero-order valence-electron chi connectivity index (χ0n) is 16.3. The first-order chi connectivity index (χ1) is 13.7. The van der Waals surface area contributed by atoms with Gasteiger partial charge in [-0.25, -0.2) is 0 Å². The number of nitrogens with zero attached hydrogens (tertiary/aromatic N) is 1. The number of rotatable bonds is 6. The van der Waals surface area contributed by atoms with Gasteiger partial charge in [-0.2, -0.15) is 0 Å². The van der Waals surface area contributed by atoms with Crippen LogP contribution < -0.4 is 14.4 Å². The minimum Gasteiger partial charge on any atom is -0.493 e. The van der Waals surface area contributed by atoms with Crippen molar-refractivity contribution >= 4 is 11.6 Å². The van der Waals surface area contributed by atoms with E-state index in [4.69, 9.17) is 18.9 Å². The fourth-order valence-electron chi connectivity index (χ4n) is 3.84. The topological polar surface area (TPSA) is 57.2 Å². The van der Waals surface area contributed by atoms with Gasteiger partial charge in [0.25, 0.3) is 11.7 Å². The average molecular weight is 383 g/mol. The van der Waals surface area contributed by atoms with Gasteiger partial charge in [0.05, 0.1) is 32.6 Å². The Bertz CT molecular complexity index is 860. The van der Waals surface area contributed by atoms with Gasteiger partial charge in [-0.3, -0.25) is 4.79 Å². The number of carbonyl (C=O) groups excluding carboxylic acids is 1. The molecule has 4 rings (SSSR count). The molecule has 0 saturated carbocycles. The summed E-state index contributed by atoms with van der Waals surface area (Å²) in [5.41, 5.74) is 2.74. The third-order valence-electron chi connectivity index (χ3n) is 5.14. The van der Waals surface area contributed by atoms with Crippen molar-refractivity contribution in [3.05, 3.63) is 53.6 Å². The molecule has 148 valence electrons. The minimum absolute atomic E-state index is 0.145. The lowest BCUT2D eigenvalue weighted by molar-refractivity contribution is -0.256. The predicted octanol–water partition coefficient (Wildman–Crippen LogP) is 3.41. The van der Waals surface area contributed by atoms with Gasteiger partial charge in [-0.1, -0.05) is 30.3 Å². The van der Waals surface area contributed by atoms with Crippen LogP contribution in [0.4, 0.5) is 5.69 Å². The van der Waals surface area contributed by atoms with Crippen LogP contribution in [0.15, 0.2) is 42.5 Å².